The van der Waals surface area contributed by atoms with Gasteiger partial charge < -0.3 is 9.80 Å². The van der Waals surface area contributed by atoms with Crippen LogP contribution in [0.5, 0.6) is 0 Å². The number of amides is 1. The van der Waals surface area contributed by atoms with Crippen LogP contribution in [0.3, 0.4) is 0 Å². The molecule has 1 amide bonds. The lowest BCUT2D eigenvalue weighted by Crippen LogP contribution is -2.48. The summed E-state index contributed by atoms with van der Waals surface area (Å²) in [4.78, 5) is 16.5. The minimum Gasteiger partial charge on any atom is -0.342 e. The van der Waals surface area contributed by atoms with Crippen LogP contribution >= 0.6 is 0 Å². The number of nitrogens with zero attached hydrogens (tertiary/aromatic N) is 3. The summed E-state index contributed by atoms with van der Waals surface area (Å²) in [6, 6.07) is 6.31. The van der Waals surface area contributed by atoms with E-state index in [-0.39, 0.29) is 10.8 Å². The molecule has 1 aromatic rings. The van der Waals surface area contributed by atoms with Crippen molar-refractivity contribution in [2.24, 2.45) is 0 Å². The van der Waals surface area contributed by atoms with E-state index >= 15 is 0 Å². The average molecular weight is 368 g/mol. The largest absolute Gasteiger partial charge is 0.342 e. The molecular weight excluding hydrogens is 338 g/mol. The van der Waals surface area contributed by atoms with E-state index in [0.717, 1.165) is 32.5 Å². The summed E-state index contributed by atoms with van der Waals surface area (Å²) in [5.74, 6) is -0.0750. The molecular formula is C18H29N3O3S. The van der Waals surface area contributed by atoms with Crippen molar-refractivity contribution in [1.82, 2.24) is 14.1 Å². The van der Waals surface area contributed by atoms with Gasteiger partial charge >= 0.3 is 0 Å². The van der Waals surface area contributed by atoms with Crippen molar-refractivity contribution in [1.29, 1.82) is 0 Å². The Labute approximate surface area is 151 Å². The van der Waals surface area contributed by atoms with Gasteiger partial charge in [-0.25, -0.2) is 8.42 Å². The van der Waals surface area contributed by atoms with Crippen molar-refractivity contribution >= 4 is 15.9 Å². The summed E-state index contributed by atoms with van der Waals surface area (Å²) in [6.45, 7) is 8.35. The Kier molecular flexibility index (Phi) is 6.98. The zero-order valence-electron chi connectivity index (χ0n) is 15.4. The van der Waals surface area contributed by atoms with Gasteiger partial charge in [0.2, 0.25) is 10.0 Å². The van der Waals surface area contributed by atoms with E-state index in [1.807, 2.05) is 0 Å². The van der Waals surface area contributed by atoms with Crippen LogP contribution in [0.4, 0.5) is 0 Å². The lowest BCUT2D eigenvalue weighted by Gasteiger charge is -2.33. The van der Waals surface area contributed by atoms with Crippen LogP contribution in [0.25, 0.3) is 0 Å². The SMILES string of the molecule is CCCCN(C)C(=O)c1ccc(S(=O)(=O)N2CCN(CC)CC2)cc1. The highest BCUT2D eigenvalue weighted by atomic mass is 32.2. The molecule has 1 heterocycles. The molecule has 25 heavy (non-hydrogen) atoms. The third kappa shape index (κ3) is 4.80. The zero-order chi connectivity index (χ0) is 18.4. The molecule has 1 saturated heterocycles. The number of hydrogen-bond acceptors (Lipinski definition) is 4. The number of sulfonamides is 1. The first-order valence-electron chi connectivity index (χ1n) is 8.98. The van der Waals surface area contributed by atoms with Crippen LogP contribution in [-0.4, -0.2) is 74.7 Å². The van der Waals surface area contributed by atoms with Crippen molar-refractivity contribution in [2.45, 2.75) is 31.6 Å². The highest BCUT2D eigenvalue weighted by Crippen LogP contribution is 2.19. The number of likely N-dealkylation sites (N-methyl/N-ethyl adjacent to an activating group) is 1. The number of rotatable bonds is 7. The molecule has 1 aliphatic heterocycles. The van der Waals surface area contributed by atoms with Crippen molar-refractivity contribution in [2.75, 3.05) is 46.3 Å². The number of carbonyl (C=O) groups is 1. The topological polar surface area (TPSA) is 60.9 Å². The number of hydrogen-bond donors (Lipinski definition) is 0. The second kappa shape index (κ2) is 8.78. The fourth-order valence-corrected chi connectivity index (χ4v) is 4.34. The molecule has 1 fully saturated rings. The summed E-state index contributed by atoms with van der Waals surface area (Å²) >= 11 is 0. The lowest BCUT2D eigenvalue weighted by atomic mass is 10.2. The fourth-order valence-electron chi connectivity index (χ4n) is 2.92. The Hall–Kier alpha value is -1.44. The van der Waals surface area contributed by atoms with Gasteiger partial charge in [-0.1, -0.05) is 20.3 Å². The first-order chi connectivity index (χ1) is 11.9. The van der Waals surface area contributed by atoms with Crippen LogP contribution in [0.2, 0.25) is 0 Å². The van der Waals surface area contributed by atoms with Crippen LogP contribution in [0, 0.1) is 0 Å². The molecule has 0 bridgehead atoms. The first-order valence-corrected chi connectivity index (χ1v) is 10.4. The van der Waals surface area contributed by atoms with Crippen molar-refractivity contribution in [3.63, 3.8) is 0 Å². The molecule has 2 rings (SSSR count). The molecule has 7 heteroatoms. The summed E-state index contributed by atoms with van der Waals surface area (Å²) < 4.78 is 27.0. The van der Waals surface area contributed by atoms with Crippen LogP contribution < -0.4 is 0 Å². The van der Waals surface area contributed by atoms with E-state index in [1.165, 1.54) is 4.31 Å². The molecule has 0 radical (unpaired) electrons. The molecule has 0 aromatic heterocycles. The second-order valence-electron chi connectivity index (χ2n) is 6.44. The predicted molar refractivity (Wildman–Crippen MR) is 99.2 cm³/mol. The van der Waals surface area contributed by atoms with Gasteiger partial charge in [0.05, 0.1) is 4.90 Å². The Morgan fingerprint density at radius 1 is 1.08 bits per heavy atom. The molecule has 0 atom stereocenters. The standard InChI is InChI=1S/C18H29N3O3S/c1-4-6-11-19(3)18(22)16-7-9-17(10-8-16)25(23,24)21-14-12-20(5-2)13-15-21/h7-10H,4-6,11-15H2,1-3H3. The van der Waals surface area contributed by atoms with Crippen LogP contribution in [0.15, 0.2) is 29.2 Å². The maximum absolute atomic E-state index is 12.8. The van der Waals surface area contributed by atoms with Gasteiger partial charge in [-0.05, 0) is 37.2 Å². The minimum absolute atomic E-state index is 0.0750. The van der Waals surface area contributed by atoms with Crippen LogP contribution in [-0.2, 0) is 10.0 Å². The Bertz CT molecular complexity index is 665. The maximum atomic E-state index is 12.8. The van der Waals surface area contributed by atoms with Crippen LogP contribution in [0.1, 0.15) is 37.0 Å². The molecule has 0 aliphatic carbocycles. The van der Waals surface area contributed by atoms with Gasteiger partial charge in [-0.3, -0.25) is 4.79 Å². The summed E-state index contributed by atoms with van der Waals surface area (Å²) in [5, 5.41) is 0. The van der Waals surface area contributed by atoms with E-state index in [9.17, 15) is 13.2 Å². The normalized spacial score (nSPS) is 16.8. The fraction of sp³-hybridized carbons (Fsp3) is 0.611. The highest BCUT2D eigenvalue weighted by molar-refractivity contribution is 7.89. The third-order valence-electron chi connectivity index (χ3n) is 4.71. The van der Waals surface area contributed by atoms with Crippen molar-refractivity contribution < 1.29 is 13.2 Å². The predicted octanol–water partition coefficient (Wildman–Crippen LogP) is 1.88. The minimum atomic E-state index is -3.49. The van der Waals surface area contributed by atoms with E-state index in [4.69, 9.17) is 0 Å². The highest BCUT2D eigenvalue weighted by Gasteiger charge is 2.28. The van der Waals surface area contributed by atoms with E-state index in [2.05, 4.69) is 18.7 Å². The Morgan fingerprint density at radius 3 is 2.20 bits per heavy atom. The first kappa shape index (κ1) is 19.9. The second-order valence-corrected chi connectivity index (χ2v) is 8.38. The number of benzene rings is 1. The molecule has 140 valence electrons. The molecule has 0 N–H and O–H groups in total. The van der Waals surface area contributed by atoms with Gasteiger partial charge in [0.15, 0.2) is 0 Å². The Morgan fingerprint density at radius 2 is 1.68 bits per heavy atom. The monoisotopic (exact) mass is 367 g/mol. The number of carbonyl (C=O) groups excluding carboxylic acids is 1. The van der Waals surface area contributed by atoms with Gasteiger partial charge in [-0.2, -0.15) is 4.31 Å². The third-order valence-corrected chi connectivity index (χ3v) is 6.62. The van der Waals surface area contributed by atoms with Gasteiger partial charge in [0, 0.05) is 45.3 Å². The van der Waals surface area contributed by atoms with Gasteiger partial charge in [0.25, 0.3) is 5.91 Å². The molecule has 1 aliphatic rings. The molecule has 0 unspecified atom stereocenters. The van der Waals surface area contributed by atoms with E-state index < -0.39 is 10.0 Å². The summed E-state index contributed by atoms with van der Waals surface area (Å²) in [7, 11) is -1.72. The molecule has 1 aromatic carbocycles. The molecule has 6 nitrogen and oxygen atoms in total. The molecule has 0 saturated carbocycles. The Balaban J connectivity index is 2.07. The molecule has 0 spiro atoms. The van der Waals surface area contributed by atoms with E-state index in [0.29, 0.717) is 25.2 Å². The van der Waals surface area contributed by atoms with E-state index in [1.54, 1.807) is 36.2 Å². The van der Waals surface area contributed by atoms with Gasteiger partial charge in [-0.15, -0.1) is 0 Å². The summed E-state index contributed by atoms with van der Waals surface area (Å²) in [5.41, 5.74) is 0.522. The maximum Gasteiger partial charge on any atom is 0.253 e. The van der Waals surface area contributed by atoms with Crippen molar-refractivity contribution in [3.05, 3.63) is 29.8 Å². The van der Waals surface area contributed by atoms with Gasteiger partial charge in [0.1, 0.15) is 0 Å². The lowest BCUT2D eigenvalue weighted by molar-refractivity contribution is 0.0793. The zero-order valence-corrected chi connectivity index (χ0v) is 16.3. The smallest absolute Gasteiger partial charge is 0.253 e. The summed E-state index contributed by atoms with van der Waals surface area (Å²) in [6.07, 6.45) is 1.98. The average Bonchev–Trinajstić information content (AvgIpc) is 2.65. The quantitative estimate of drug-likeness (QED) is 0.738. The number of piperazine rings is 1. The van der Waals surface area contributed by atoms with Crippen molar-refractivity contribution in [3.8, 4) is 0 Å². The number of unbranched alkanes of at least 4 members (excludes halogenated alkanes) is 1.